The molecule has 2 rings (SSSR count). The Hall–Kier alpha value is -1.63. The summed E-state index contributed by atoms with van der Waals surface area (Å²) in [7, 11) is 0. The molecule has 19 heavy (non-hydrogen) atoms. The number of ether oxygens (including phenoxy) is 2. The number of nitrogens with two attached hydrogens (primary N) is 1. The zero-order valence-corrected chi connectivity index (χ0v) is 11.5. The summed E-state index contributed by atoms with van der Waals surface area (Å²) in [6.45, 7) is 6.80. The smallest absolute Gasteiger partial charge is 0.323 e. The molecule has 0 aliphatic carbocycles. The Morgan fingerprint density at radius 1 is 1.26 bits per heavy atom. The van der Waals surface area contributed by atoms with Crippen molar-refractivity contribution in [3.63, 3.8) is 0 Å². The number of anilines is 2. The summed E-state index contributed by atoms with van der Waals surface area (Å²) in [6, 6.07) is 0.281. The maximum atomic E-state index is 5.69. The van der Waals surface area contributed by atoms with Gasteiger partial charge in [0.25, 0.3) is 0 Å². The van der Waals surface area contributed by atoms with Crippen molar-refractivity contribution in [1.29, 1.82) is 0 Å². The minimum Gasteiger partial charge on any atom is -0.464 e. The van der Waals surface area contributed by atoms with E-state index >= 15 is 0 Å². The van der Waals surface area contributed by atoms with Gasteiger partial charge in [-0.25, -0.2) is 0 Å². The number of hydrogen-bond acceptors (Lipinski definition) is 7. The Morgan fingerprint density at radius 3 is 2.84 bits per heavy atom. The molecule has 7 nitrogen and oxygen atoms in total. The van der Waals surface area contributed by atoms with Gasteiger partial charge in [-0.2, -0.15) is 15.0 Å². The second-order valence-electron chi connectivity index (χ2n) is 4.37. The average Bonchev–Trinajstić information content (AvgIpc) is 2.39. The van der Waals surface area contributed by atoms with E-state index < -0.39 is 0 Å². The molecule has 0 aromatic carbocycles. The molecule has 1 unspecified atom stereocenters. The van der Waals surface area contributed by atoms with Gasteiger partial charge in [0.05, 0.1) is 12.7 Å². The van der Waals surface area contributed by atoms with Crippen LogP contribution in [0.2, 0.25) is 0 Å². The van der Waals surface area contributed by atoms with Crippen molar-refractivity contribution >= 4 is 11.9 Å². The first-order chi connectivity index (χ1) is 9.22. The van der Waals surface area contributed by atoms with Gasteiger partial charge in [-0.05, 0) is 26.7 Å². The van der Waals surface area contributed by atoms with Crippen LogP contribution in [0.25, 0.3) is 0 Å². The zero-order valence-electron chi connectivity index (χ0n) is 11.5. The maximum Gasteiger partial charge on any atom is 0.323 e. The first-order valence-electron chi connectivity index (χ1n) is 6.73. The molecular weight excluding hydrogens is 246 g/mol. The van der Waals surface area contributed by atoms with Gasteiger partial charge in [-0.1, -0.05) is 0 Å². The van der Waals surface area contributed by atoms with Gasteiger partial charge in [0.1, 0.15) is 0 Å². The van der Waals surface area contributed by atoms with Gasteiger partial charge in [0, 0.05) is 19.7 Å². The fourth-order valence-corrected chi connectivity index (χ4v) is 2.19. The number of piperidine rings is 1. The van der Waals surface area contributed by atoms with Crippen LogP contribution in [0.1, 0.15) is 26.7 Å². The fraction of sp³-hybridized carbons (Fsp3) is 0.750. The standard InChI is InChI=1S/C12H21N5O2/c1-3-18-9-6-5-7-17(8-9)11-14-10(13)15-12(16-11)19-4-2/h9H,3-8H2,1-2H3,(H2,13,14,15,16). The number of hydrogen-bond donors (Lipinski definition) is 1. The quantitative estimate of drug-likeness (QED) is 0.846. The average molecular weight is 267 g/mol. The Balaban J connectivity index is 2.11. The van der Waals surface area contributed by atoms with E-state index in [0.29, 0.717) is 12.6 Å². The number of nitrogens with zero attached hydrogens (tertiary/aromatic N) is 4. The van der Waals surface area contributed by atoms with Crippen LogP contribution in [-0.4, -0.2) is 47.4 Å². The SMILES string of the molecule is CCOc1nc(N)nc(N2CCCC(OCC)C2)n1. The second kappa shape index (κ2) is 6.51. The van der Waals surface area contributed by atoms with E-state index in [1.165, 1.54) is 0 Å². The Labute approximate surface area is 113 Å². The minimum atomic E-state index is 0.187. The number of aromatic nitrogens is 3. The summed E-state index contributed by atoms with van der Waals surface area (Å²) in [4.78, 5) is 14.5. The van der Waals surface area contributed by atoms with Gasteiger partial charge >= 0.3 is 6.01 Å². The van der Waals surface area contributed by atoms with Crippen molar-refractivity contribution in [1.82, 2.24) is 15.0 Å². The normalized spacial score (nSPS) is 19.5. The molecule has 1 fully saturated rings. The van der Waals surface area contributed by atoms with E-state index in [9.17, 15) is 0 Å². The van der Waals surface area contributed by atoms with Crippen molar-refractivity contribution in [2.24, 2.45) is 0 Å². The van der Waals surface area contributed by atoms with E-state index in [4.69, 9.17) is 15.2 Å². The van der Waals surface area contributed by atoms with Crippen LogP contribution in [0.4, 0.5) is 11.9 Å². The van der Waals surface area contributed by atoms with Crippen LogP contribution in [0.15, 0.2) is 0 Å². The van der Waals surface area contributed by atoms with Gasteiger partial charge in [-0.3, -0.25) is 0 Å². The summed E-state index contributed by atoms with van der Waals surface area (Å²) in [6.07, 6.45) is 2.36. The summed E-state index contributed by atoms with van der Waals surface area (Å²) in [5.41, 5.74) is 5.69. The molecule has 2 heterocycles. The molecule has 1 aromatic heterocycles. The van der Waals surface area contributed by atoms with Crippen LogP contribution in [0, 0.1) is 0 Å². The molecule has 1 saturated heterocycles. The lowest BCUT2D eigenvalue weighted by Gasteiger charge is -2.32. The molecule has 1 aliphatic rings. The Kier molecular flexibility index (Phi) is 4.73. The molecule has 0 amide bonds. The van der Waals surface area contributed by atoms with E-state index in [1.807, 2.05) is 13.8 Å². The highest BCUT2D eigenvalue weighted by Crippen LogP contribution is 2.20. The molecule has 1 aliphatic heterocycles. The van der Waals surface area contributed by atoms with Crippen LogP contribution in [0.3, 0.4) is 0 Å². The predicted molar refractivity (Wildman–Crippen MR) is 72.3 cm³/mol. The minimum absolute atomic E-state index is 0.187. The molecule has 1 aromatic rings. The fourth-order valence-electron chi connectivity index (χ4n) is 2.19. The summed E-state index contributed by atoms with van der Waals surface area (Å²) in [5.74, 6) is 0.757. The Morgan fingerprint density at radius 2 is 2.11 bits per heavy atom. The van der Waals surface area contributed by atoms with Crippen LogP contribution in [0.5, 0.6) is 6.01 Å². The highest BCUT2D eigenvalue weighted by Gasteiger charge is 2.23. The number of rotatable bonds is 5. The summed E-state index contributed by atoms with van der Waals surface area (Å²) in [5, 5.41) is 0. The van der Waals surface area contributed by atoms with Gasteiger partial charge in [0.15, 0.2) is 0 Å². The third-order valence-electron chi connectivity index (χ3n) is 2.96. The van der Waals surface area contributed by atoms with Crippen molar-refractivity contribution in [2.45, 2.75) is 32.8 Å². The Bertz CT molecular complexity index is 413. The molecular formula is C12H21N5O2. The summed E-state index contributed by atoms with van der Waals surface area (Å²) < 4.78 is 11.0. The third-order valence-corrected chi connectivity index (χ3v) is 2.96. The van der Waals surface area contributed by atoms with E-state index in [2.05, 4.69) is 19.9 Å². The molecule has 7 heteroatoms. The van der Waals surface area contributed by atoms with Crippen LogP contribution in [-0.2, 0) is 4.74 Å². The first-order valence-corrected chi connectivity index (χ1v) is 6.73. The molecule has 106 valence electrons. The van der Waals surface area contributed by atoms with Crippen LogP contribution < -0.4 is 15.4 Å². The van der Waals surface area contributed by atoms with Crippen molar-refractivity contribution in [2.75, 3.05) is 36.9 Å². The molecule has 0 radical (unpaired) electrons. The molecule has 1 atom stereocenters. The van der Waals surface area contributed by atoms with Crippen molar-refractivity contribution < 1.29 is 9.47 Å². The van der Waals surface area contributed by atoms with Crippen molar-refractivity contribution in [3.8, 4) is 6.01 Å². The zero-order chi connectivity index (χ0) is 13.7. The van der Waals surface area contributed by atoms with E-state index in [0.717, 1.165) is 32.5 Å². The summed E-state index contributed by atoms with van der Waals surface area (Å²) >= 11 is 0. The monoisotopic (exact) mass is 267 g/mol. The number of nitrogen functional groups attached to an aromatic ring is 1. The molecule has 0 bridgehead atoms. The lowest BCUT2D eigenvalue weighted by atomic mass is 10.1. The lowest BCUT2D eigenvalue weighted by molar-refractivity contribution is 0.0523. The lowest BCUT2D eigenvalue weighted by Crippen LogP contribution is -2.40. The molecule has 0 spiro atoms. The van der Waals surface area contributed by atoms with Gasteiger partial charge in [0.2, 0.25) is 11.9 Å². The molecule has 2 N–H and O–H groups in total. The third kappa shape index (κ3) is 3.66. The van der Waals surface area contributed by atoms with Crippen molar-refractivity contribution in [3.05, 3.63) is 0 Å². The van der Waals surface area contributed by atoms with Gasteiger partial charge < -0.3 is 20.1 Å². The largest absolute Gasteiger partial charge is 0.464 e. The highest BCUT2D eigenvalue weighted by molar-refractivity contribution is 5.36. The highest BCUT2D eigenvalue weighted by atomic mass is 16.5. The predicted octanol–water partition coefficient (Wildman–Crippen LogP) is 0.858. The second-order valence-corrected chi connectivity index (χ2v) is 4.37. The van der Waals surface area contributed by atoms with Crippen LogP contribution >= 0.6 is 0 Å². The van der Waals surface area contributed by atoms with Gasteiger partial charge in [-0.15, -0.1) is 0 Å². The van der Waals surface area contributed by atoms with E-state index in [-0.39, 0.29) is 18.1 Å². The first kappa shape index (κ1) is 13.8. The topological polar surface area (TPSA) is 86.4 Å². The maximum absolute atomic E-state index is 5.69. The van der Waals surface area contributed by atoms with E-state index in [1.54, 1.807) is 0 Å². The molecule has 0 saturated carbocycles.